The minimum absolute atomic E-state index is 0. The molecular weight excluding hydrogens is 207 g/mol. The maximum absolute atomic E-state index is 8.56. The molecule has 0 unspecified atom stereocenters. The van der Waals surface area contributed by atoms with E-state index in [0.717, 1.165) is 0 Å². The van der Waals surface area contributed by atoms with Crippen LogP contribution in [0.5, 0.6) is 0 Å². The van der Waals surface area contributed by atoms with Gasteiger partial charge in [-0.3, -0.25) is 0 Å². The summed E-state index contributed by atoms with van der Waals surface area (Å²) >= 11 is 0. The van der Waals surface area contributed by atoms with Crippen molar-refractivity contribution in [2.24, 2.45) is 0 Å². The maximum atomic E-state index is 8.56. The molecule has 5 N–H and O–H groups in total. The molecule has 5 heteroatoms. The van der Waals surface area contributed by atoms with Crippen LogP contribution in [-0.4, -0.2) is 85.3 Å². The van der Waals surface area contributed by atoms with E-state index in [1.54, 1.807) is 0 Å². The van der Waals surface area contributed by atoms with Crippen molar-refractivity contribution in [3.63, 3.8) is 0 Å². The molecule has 0 aromatic heterocycles. The molecular formula is CH6CsNO3. The van der Waals surface area contributed by atoms with Crippen LogP contribution in [0.25, 0.3) is 0 Å². The van der Waals surface area contributed by atoms with Crippen LogP contribution in [-0.2, 0) is 0 Å². The summed E-state index contributed by atoms with van der Waals surface area (Å²) in [4.78, 5) is 8.56. The van der Waals surface area contributed by atoms with Crippen molar-refractivity contribution in [3.05, 3.63) is 0 Å². The number of hydrogen-bond acceptors (Lipinski definition) is 2. The van der Waals surface area contributed by atoms with Gasteiger partial charge in [0.15, 0.2) is 0 Å². The molecule has 0 saturated heterocycles. The van der Waals surface area contributed by atoms with Crippen LogP contribution in [0.3, 0.4) is 0 Å². The number of carboxylic acid groups (broad SMARTS) is 2. The first-order chi connectivity index (χ1) is 1.73. The zero-order chi connectivity index (χ0) is 3.58. The predicted octanol–water partition coefficient (Wildman–Crippen LogP) is -0.264. The van der Waals surface area contributed by atoms with Gasteiger partial charge in [-0.05, 0) is 0 Å². The van der Waals surface area contributed by atoms with Gasteiger partial charge < -0.3 is 16.4 Å². The second-order valence-electron chi connectivity index (χ2n) is 0.283. The Labute approximate surface area is 93.9 Å². The van der Waals surface area contributed by atoms with E-state index in [2.05, 4.69) is 0 Å². The summed E-state index contributed by atoms with van der Waals surface area (Å²) < 4.78 is 0. The van der Waals surface area contributed by atoms with E-state index in [-0.39, 0.29) is 75.0 Å². The Bertz CT molecular complexity index is 33.8. The van der Waals surface area contributed by atoms with Crippen LogP contribution in [0.2, 0.25) is 0 Å². The van der Waals surface area contributed by atoms with Gasteiger partial charge in [-0.15, -0.1) is 0 Å². The second kappa shape index (κ2) is 9.56. The Hall–Kier alpha value is 1.28. The molecule has 0 rings (SSSR count). The summed E-state index contributed by atoms with van der Waals surface area (Å²) in [5, 5.41) is 13.9. The van der Waals surface area contributed by atoms with E-state index in [0.29, 0.717) is 0 Å². The fourth-order valence-corrected chi connectivity index (χ4v) is 0. The minimum atomic E-state index is -1.83. The standard InChI is InChI=1S/CH2O3.Cs.H3N.H/c2-1(3)4;;;/h(H2,2,3,4);;1H3;. The van der Waals surface area contributed by atoms with Crippen molar-refractivity contribution in [1.29, 1.82) is 0 Å². The van der Waals surface area contributed by atoms with Gasteiger partial charge in [-0.2, -0.15) is 0 Å². The fraction of sp³-hybridized carbons (Fsp3) is 0. The fourth-order valence-electron chi connectivity index (χ4n) is 0. The summed E-state index contributed by atoms with van der Waals surface area (Å²) in [5.74, 6) is 0. The molecule has 0 bridgehead atoms. The van der Waals surface area contributed by atoms with Crippen LogP contribution < -0.4 is 6.15 Å². The summed E-state index contributed by atoms with van der Waals surface area (Å²) in [7, 11) is 0. The summed E-state index contributed by atoms with van der Waals surface area (Å²) in [5.41, 5.74) is 0. The molecule has 0 saturated carbocycles. The monoisotopic (exact) mass is 213 g/mol. The summed E-state index contributed by atoms with van der Waals surface area (Å²) in [6.07, 6.45) is -1.83. The molecule has 0 aromatic carbocycles. The van der Waals surface area contributed by atoms with Gasteiger partial charge in [-0.1, -0.05) is 0 Å². The molecule has 0 spiro atoms. The molecule has 0 aromatic rings. The molecule has 0 fully saturated rings. The Morgan fingerprint density at radius 2 is 1.33 bits per heavy atom. The van der Waals surface area contributed by atoms with E-state index in [9.17, 15) is 0 Å². The average Bonchev–Trinajstić information content (AvgIpc) is 0.811. The molecule has 0 aliphatic heterocycles. The molecule has 4 nitrogen and oxygen atoms in total. The second-order valence-corrected chi connectivity index (χ2v) is 0.283. The van der Waals surface area contributed by atoms with Crippen molar-refractivity contribution in [2.45, 2.75) is 0 Å². The first-order valence-corrected chi connectivity index (χ1v) is 0.651. The molecule has 0 heterocycles. The quantitative estimate of drug-likeness (QED) is 0.516. The van der Waals surface area contributed by atoms with Gasteiger partial charge in [0.25, 0.3) is 0 Å². The molecule has 34 valence electrons. The molecule has 0 radical (unpaired) electrons. The van der Waals surface area contributed by atoms with Crippen LogP contribution in [0.15, 0.2) is 0 Å². The van der Waals surface area contributed by atoms with Gasteiger partial charge in [0.1, 0.15) is 0 Å². The van der Waals surface area contributed by atoms with Crippen molar-refractivity contribution < 1.29 is 15.0 Å². The average molecular weight is 213 g/mol. The van der Waals surface area contributed by atoms with Crippen molar-refractivity contribution in [2.75, 3.05) is 0 Å². The van der Waals surface area contributed by atoms with Gasteiger partial charge in [0, 0.05) is 0 Å². The van der Waals surface area contributed by atoms with Crippen LogP contribution in [0, 0.1) is 0 Å². The van der Waals surface area contributed by atoms with Crippen LogP contribution in [0.4, 0.5) is 4.79 Å². The molecule has 0 aliphatic rings. The van der Waals surface area contributed by atoms with Crippen molar-refractivity contribution in [1.82, 2.24) is 6.15 Å². The Balaban J connectivity index is -0.0000000450. The Kier molecular flexibility index (Phi) is 25.0. The topological polar surface area (TPSA) is 92.5 Å². The number of hydrogen-bond donors (Lipinski definition) is 3. The van der Waals surface area contributed by atoms with E-state index >= 15 is 0 Å². The van der Waals surface area contributed by atoms with Crippen LogP contribution >= 0.6 is 0 Å². The Morgan fingerprint density at radius 3 is 1.33 bits per heavy atom. The zero-order valence-corrected chi connectivity index (χ0v) is 2.51. The third-order valence-electron chi connectivity index (χ3n) is 0. The van der Waals surface area contributed by atoms with E-state index in [4.69, 9.17) is 15.0 Å². The summed E-state index contributed by atoms with van der Waals surface area (Å²) in [6.45, 7) is 0. The third kappa shape index (κ3) is 58.9. The van der Waals surface area contributed by atoms with Crippen molar-refractivity contribution >= 4 is 75.0 Å². The third-order valence-corrected chi connectivity index (χ3v) is 0. The van der Waals surface area contributed by atoms with Gasteiger partial charge in [-0.25, -0.2) is 4.79 Å². The molecule has 0 aliphatic carbocycles. The van der Waals surface area contributed by atoms with Gasteiger partial charge in [0.05, 0.1) is 0 Å². The molecule has 0 atom stereocenters. The van der Waals surface area contributed by atoms with Crippen molar-refractivity contribution in [3.8, 4) is 0 Å². The molecule has 0 amide bonds. The van der Waals surface area contributed by atoms with E-state index in [1.807, 2.05) is 0 Å². The summed E-state index contributed by atoms with van der Waals surface area (Å²) in [6, 6.07) is 0. The van der Waals surface area contributed by atoms with E-state index < -0.39 is 6.16 Å². The molecule has 6 heavy (non-hydrogen) atoms. The van der Waals surface area contributed by atoms with Crippen LogP contribution in [0.1, 0.15) is 0 Å². The SMILES string of the molecule is N.O=C(O)O.[CsH]. The van der Waals surface area contributed by atoms with Gasteiger partial charge in [0.2, 0.25) is 0 Å². The number of carbonyl (C=O) groups is 1. The normalized spacial score (nSPS) is 4.00. The first-order valence-electron chi connectivity index (χ1n) is 0.651. The Morgan fingerprint density at radius 1 is 1.33 bits per heavy atom. The predicted molar refractivity (Wildman–Crippen MR) is 22.8 cm³/mol. The van der Waals surface area contributed by atoms with Gasteiger partial charge >= 0.3 is 75.0 Å². The first kappa shape index (κ1) is 15.7. The van der Waals surface area contributed by atoms with E-state index in [1.165, 1.54) is 0 Å². The zero-order valence-electron chi connectivity index (χ0n) is 2.51. The number of rotatable bonds is 0.